The van der Waals surface area contributed by atoms with Crippen LogP contribution >= 0.6 is 0 Å². The Morgan fingerprint density at radius 1 is 1.22 bits per heavy atom. The van der Waals surface area contributed by atoms with Gasteiger partial charge in [-0.15, -0.1) is 6.58 Å². The molecule has 1 atom stereocenters. The Kier molecular flexibility index (Phi) is 6.76. The average Bonchev–Trinajstić information content (AvgIpc) is 2.57. The highest BCUT2D eigenvalue weighted by Crippen LogP contribution is 2.33. The van der Waals surface area contributed by atoms with Crippen molar-refractivity contribution in [3.63, 3.8) is 0 Å². The Labute approximate surface area is 138 Å². The van der Waals surface area contributed by atoms with E-state index in [9.17, 15) is 8.78 Å². The van der Waals surface area contributed by atoms with E-state index in [-0.39, 0.29) is 0 Å². The van der Waals surface area contributed by atoms with Gasteiger partial charge in [0.2, 0.25) is 0 Å². The van der Waals surface area contributed by atoms with Crippen LogP contribution in [0, 0.1) is 17.6 Å². The number of allylic oxidation sites excluding steroid dienone is 5. The van der Waals surface area contributed by atoms with Gasteiger partial charge in [-0.2, -0.15) is 0 Å². The second-order valence-corrected chi connectivity index (χ2v) is 6.22. The zero-order valence-corrected chi connectivity index (χ0v) is 14.0. The van der Waals surface area contributed by atoms with Gasteiger partial charge < -0.3 is 0 Å². The zero-order valence-electron chi connectivity index (χ0n) is 14.0. The standard InChI is InChI=1S/C21H26F2/c1-3-5-6-7-9-18-14-15-19(21(23)20(18)22)17-12-10-16(8-4-2)11-13-17/h3-4,8,12,14-16H,1,5-7,9-11,13H2,2H3. The van der Waals surface area contributed by atoms with Crippen LogP contribution in [-0.4, -0.2) is 0 Å². The summed E-state index contributed by atoms with van der Waals surface area (Å²) in [4.78, 5) is 0. The van der Waals surface area contributed by atoms with Crippen LogP contribution in [0.15, 0.2) is 43.0 Å². The average molecular weight is 316 g/mol. The van der Waals surface area contributed by atoms with Gasteiger partial charge >= 0.3 is 0 Å². The Morgan fingerprint density at radius 2 is 2.04 bits per heavy atom. The fourth-order valence-corrected chi connectivity index (χ4v) is 3.18. The summed E-state index contributed by atoms with van der Waals surface area (Å²) in [5, 5.41) is 0. The van der Waals surface area contributed by atoms with E-state index in [2.05, 4.69) is 24.8 Å². The van der Waals surface area contributed by atoms with Gasteiger partial charge in [-0.1, -0.05) is 36.4 Å². The van der Waals surface area contributed by atoms with Crippen molar-refractivity contribution in [2.45, 2.75) is 51.9 Å². The van der Waals surface area contributed by atoms with Crippen LogP contribution in [0.4, 0.5) is 8.78 Å². The van der Waals surface area contributed by atoms with Crippen molar-refractivity contribution in [3.05, 3.63) is 65.8 Å². The molecule has 1 aliphatic rings. The molecular formula is C21H26F2. The summed E-state index contributed by atoms with van der Waals surface area (Å²) in [6.07, 6.45) is 14.2. The first-order valence-corrected chi connectivity index (χ1v) is 8.57. The zero-order chi connectivity index (χ0) is 16.7. The van der Waals surface area contributed by atoms with E-state index < -0.39 is 11.6 Å². The van der Waals surface area contributed by atoms with Gasteiger partial charge in [0.1, 0.15) is 0 Å². The normalized spacial score (nSPS) is 18.2. The van der Waals surface area contributed by atoms with Crippen molar-refractivity contribution < 1.29 is 8.78 Å². The Morgan fingerprint density at radius 3 is 2.70 bits per heavy atom. The molecule has 0 amide bonds. The Balaban J connectivity index is 2.09. The highest BCUT2D eigenvalue weighted by molar-refractivity contribution is 5.67. The van der Waals surface area contributed by atoms with Crippen LogP contribution < -0.4 is 0 Å². The number of hydrogen-bond donors (Lipinski definition) is 0. The molecule has 0 bridgehead atoms. The third-order valence-electron chi connectivity index (χ3n) is 4.53. The van der Waals surface area contributed by atoms with Crippen LogP contribution in [-0.2, 0) is 6.42 Å². The number of hydrogen-bond acceptors (Lipinski definition) is 0. The summed E-state index contributed by atoms with van der Waals surface area (Å²) in [5.74, 6) is -0.819. The van der Waals surface area contributed by atoms with Crippen molar-refractivity contribution in [3.8, 4) is 0 Å². The molecule has 1 aromatic rings. The van der Waals surface area contributed by atoms with E-state index in [0.29, 0.717) is 23.5 Å². The minimum Gasteiger partial charge on any atom is -0.203 e. The lowest BCUT2D eigenvalue weighted by Crippen LogP contribution is -2.05. The van der Waals surface area contributed by atoms with E-state index in [4.69, 9.17) is 0 Å². The van der Waals surface area contributed by atoms with Crippen molar-refractivity contribution in [2.24, 2.45) is 5.92 Å². The molecule has 0 aromatic heterocycles. The predicted octanol–water partition coefficient (Wildman–Crippen LogP) is 6.62. The van der Waals surface area contributed by atoms with Crippen molar-refractivity contribution in [1.82, 2.24) is 0 Å². The molecule has 1 aliphatic carbocycles. The van der Waals surface area contributed by atoms with Gasteiger partial charge in [-0.3, -0.25) is 0 Å². The van der Waals surface area contributed by atoms with Gasteiger partial charge in [0, 0.05) is 5.56 Å². The Bertz CT molecular complexity index is 596. The molecule has 23 heavy (non-hydrogen) atoms. The number of unbranched alkanes of at least 4 members (excludes halogenated alkanes) is 2. The third-order valence-corrected chi connectivity index (χ3v) is 4.53. The summed E-state index contributed by atoms with van der Waals surface area (Å²) in [5.41, 5.74) is 1.87. The maximum absolute atomic E-state index is 14.4. The molecule has 0 N–H and O–H groups in total. The van der Waals surface area contributed by atoms with E-state index in [1.807, 2.05) is 13.0 Å². The molecule has 0 heterocycles. The summed E-state index contributed by atoms with van der Waals surface area (Å²) in [6.45, 7) is 5.69. The van der Waals surface area contributed by atoms with Gasteiger partial charge in [0.15, 0.2) is 11.6 Å². The summed E-state index contributed by atoms with van der Waals surface area (Å²) in [6, 6.07) is 3.50. The first kappa shape index (κ1) is 17.7. The molecule has 0 saturated heterocycles. The number of halogens is 2. The van der Waals surface area contributed by atoms with E-state index in [1.54, 1.807) is 12.1 Å². The minimum absolute atomic E-state index is 0.441. The maximum Gasteiger partial charge on any atom is 0.166 e. The topological polar surface area (TPSA) is 0 Å². The molecule has 2 rings (SSSR count). The first-order chi connectivity index (χ1) is 11.2. The molecular weight excluding hydrogens is 290 g/mol. The highest BCUT2D eigenvalue weighted by Gasteiger charge is 2.19. The van der Waals surface area contributed by atoms with Crippen LogP contribution in [0.25, 0.3) is 5.57 Å². The Hall–Kier alpha value is -1.70. The quantitative estimate of drug-likeness (QED) is 0.391. The van der Waals surface area contributed by atoms with E-state index in [1.165, 1.54) is 0 Å². The van der Waals surface area contributed by atoms with Crippen LogP contribution in [0.5, 0.6) is 0 Å². The summed E-state index contributed by atoms with van der Waals surface area (Å²) < 4.78 is 28.7. The summed E-state index contributed by atoms with van der Waals surface area (Å²) in [7, 11) is 0. The lowest BCUT2D eigenvalue weighted by molar-refractivity contribution is 0.492. The summed E-state index contributed by atoms with van der Waals surface area (Å²) >= 11 is 0. The predicted molar refractivity (Wildman–Crippen MR) is 94.2 cm³/mol. The van der Waals surface area contributed by atoms with Crippen LogP contribution in [0.3, 0.4) is 0 Å². The van der Waals surface area contributed by atoms with Crippen molar-refractivity contribution in [2.75, 3.05) is 0 Å². The first-order valence-electron chi connectivity index (χ1n) is 8.57. The van der Waals surface area contributed by atoms with E-state index in [0.717, 1.165) is 44.1 Å². The second kappa shape index (κ2) is 8.81. The molecule has 0 nitrogen and oxygen atoms in total. The number of benzene rings is 1. The fraction of sp³-hybridized carbons (Fsp3) is 0.429. The van der Waals surface area contributed by atoms with Gasteiger partial charge in [0.25, 0.3) is 0 Å². The smallest absolute Gasteiger partial charge is 0.166 e. The van der Waals surface area contributed by atoms with Gasteiger partial charge in [0.05, 0.1) is 0 Å². The minimum atomic E-state index is -0.679. The van der Waals surface area contributed by atoms with Crippen molar-refractivity contribution in [1.29, 1.82) is 0 Å². The molecule has 0 saturated carbocycles. The second-order valence-electron chi connectivity index (χ2n) is 6.22. The lowest BCUT2D eigenvalue weighted by Gasteiger charge is -2.20. The monoisotopic (exact) mass is 316 g/mol. The van der Waals surface area contributed by atoms with Crippen LogP contribution in [0.1, 0.15) is 56.6 Å². The maximum atomic E-state index is 14.4. The fourth-order valence-electron chi connectivity index (χ4n) is 3.18. The largest absolute Gasteiger partial charge is 0.203 e. The van der Waals surface area contributed by atoms with Crippen LogP contribution in [0.2, 0.25) is 0 Å². The molecule has 0 aliphatic heterocycles. The molecule has 124 valence electrons. The molecule has 0 fully saturated rings. The SMILES string of the molecule is C=CCCCCc1ccc(C2=CCC(C=CC)CC2)c(F)c1F. The lowest BCUT2D eigenvalue weighted by atomic mass is 9.86. The highest BCUT2D eigenvalue weighted by atomic mass is 19.2. The van der Waals surface area contributed by atoms with E-state index >= 15 is 0 Å². The molecule has 1 unspecified atom stereocenters. The van der Waals surface area contributed by atoms with Crippen molar-refractivity contribution >= 4 is 5.57 Å². The molecule has 0 spiro atoms. The molecule has 1 aromatic carbocycles. The number of aryl methyl sites for hydroxylation is 1. The molecule has 0 radical (unpaired) electrons. The molecule has 2 heteroatoms. The van der Waals surface area contributed by atoms with Gasteiger partial charge in [-0.05, 0) is 68.9 Å². The number of rotatable bonds is 7. The van der Waals surface area contributed by atoms with Gasteiger partial charge in [-0.25, -0.2) is 8.78 Å². The third kappa shape index (κ3) is 4.63.